The quantitative estimate of drug-likeness (QED) is 0.714. The topological polar surface area (TPSA) is 39.3 Å². The van der Waals surface area contributed by atoms with Crippen LogP contribution in [0.15, 0.2) is 29.5 Å². The van der Waals surface area contributed by atoms with Crippen LogP contribution in [0, 0.1) is 0 Å². The number of fused-ring (bicyclic) bond motifs is 1. The van der Waals surface area contributed by atoms with Gasteiger partial charge in [0.25, 0.3) is 5.56 Å². The van der Waals surface area contributed by atoms with Crippen molar-refractivity contribution in [3.05, 3.63) is 35.0 Å². The Morgan fingerprint density at radius 2 is 2.29 bits per heavy atom. The maximum absolute atomic E-state index is 11.8. The van der Waals surface area contributed by atoms with Crippen LogP contribution in [-0.4, -0.2) is 20.1 Å². The molecule has 2 heterocycles. The summed E-state index contributed by atoms with van der Waals surface area (Å²) in [7, 11) is 0. The number of nitrogens with zero attached hydrogens (tertiary/aromatic N) is 3. The summed E-state index contributed by atoms with van der Waals surface area (Å²) in [6, 6.07) is 1.71. The molecule has 0 aliphatic rings. The number of hydrogen-bond donors (Lipinski definition) is 0. The van der Waals surface area contributed by atoms with Gasteiger partial charge in [0.2, 0.25) is 0 Å². The summed E-state index contributed by atoms with van der Waals surface area (Å²) in [5, 5.41) is 3.98. The van der Waals surface area contributed by atoms with Gasteiger partial charge in [-0.05, 0) is 12.5 Å². The Bertz CT molecular complexity index is 488. The fourth-order valence-corrected chi connectivity index (χ4v) is 1.49. The third-order valence-corrected chi connectivity index (χ3v) is 2.34. The average molecular weight is 212 g/mol. The Kier molecular flexibility index (Phi) is 2.54. The van der Waals surface area contributed by atoms with E-state index in [0.29, 0.717) is 17.9 Å². The summed E-state index contributed by atoms with van der Waals surface area (Å²) in [6.45, 7) is 0.657. The molecule has 0 aliphatic carbocycles. The highest BCUT2D eigenvalue weighted by Gasteiger charge is 2.01. The highest BCUT2D eigenvalue weighted by molar-refractivity contribution is 6.17. The van der Waals surface area contributed by atoms with Crippen molar-refractivity contribution < 1.29 is 0 Å². The number of alkyl halides is 1. The molecule has 0 saturated heterocycles. The molecule has 0 saturated carbocycles. The van der Waals surface area contributed by atoms with Gasteiger partial charge in [-0.1, -0.05) is 0 Å². The van der Waals surface area contributed by atoms with Crippen LogP contribution in [0.3, 0.4) is 0 Å². The average Bonchev–Trinajstić information content (AvgIpc) is 2.66. The summed E-state index contributed by atoms with van der Waals surface area (Å²) in [6.07, 6.45) is 5.91. The molecule has 0 radical (unpaired) electrons. The zero-order valence-corrected chi connectivity index (χ0v) is 8.31. The molecule has 0 amide bonds. The van der Waals surface area contributed by atoms with Crippen LogP contribution in [0.5, 0.6) is 0 Å². The van der Waals surface area contributed by atoms with Crippen LogP contribution < -0.4 is 5.56 Å². The third kappa shape index (κ3) is 1.53. The highest BCUT2D eigenvalue weighted by Crippen LogP contribution is 1.96. The molecule has 0 aromatic carbocycles. The van der Waals surface area contributed by atoms with E-state index in [1.54, 1.807) is 33.7 Å². The molecule has 14 heavy (non-hydrogen) atoms. The van der Waals surface area contributed by atoms with Gasteiger partial charge in [-0.15, -0.1) is 11.6 Å². The largest absolute Gasteiger partial charge is 0.312 e. The van der Waals surface area contributed by atoms with Crippen LogP contribution in [0.4, 0.5) is 0 Å². The fraction of sp³-hybridized carbons (Fsp3) is 0.333. The second kappa shape index (κ2) is 3.84. The highest BCUT2D eigenvalue weighted by atomic mass is 35.5. The molecule has 5 heteroatoms. The summed E-state index contributed by atoms with van der Waals surface area (Å²) in [4.78, 5) is 11.8. The second-order valence-corrected chi connectivity index (χ2v) is 3.38. The van der Waals surface area contributed by atoms with Crippen molar-refractivity contribution in [2.24, 2.45) is 0 Å². The molecule has 0 atom stereocenters. The smallest absolute Gasteiger partial charge is 0.276 e. The van der Waals surface area contributed by atoms with E-state index in [0.717, 1.165) is 6.42 Å². The summed E-state index contributed by atoms with van der Waals surface area (Å²) < 4.78 is 3.22. The van der Waals surface area contributed by atoms with E-state index >= 15 is 0 Å². The number of halogens is 1. The van der Waals surface area contributed by atoms with Crippen LogP contribution in [0.2, 0.25) is 0 Å². The first kappa shape index (κ1) is 9.27. The summed E-state index contributed by atoms with van der Waals surface area (Å²) in [5.41, 5.74) is 0.581. The molecule has 0 N–H and O–H groups in total. The minimum atomic E-state index is -0.0184. The fourth-order valence-electron chi connectivity index (χ4n) is 1.37. The van der Waals surface area contributed by atoms with Gasteiger partial charge in [0.15, 0.2) is 0 Å². The first-order valence-electron chi connectivity index (χ1n) is 4.41. The molecule has 0 unspecified atom stereocenters. The van der Waals surface area contributed by atoms with Gasteiger partial charge in [0, 0.05) is 24.8 Å². The van der Waals surface area contributed by atoms with Gasteiger partial charge >= 0.3 is 0 Å². The molecule has 2 aromatic heterocycles. The predicted molar refractivity (Wildman–Crippen MR) is 54.8 cm³/mol. The molecule has 0 spiro atoms. The first-order chi connectivity index (χ1) is 6.83. The predicted octanol–water partition coefficient (Wildman–Crippen LogP) is 1.12. The lowest BCUT2D eigenvalue weighted by atomic mass is 10.4. The van der Waals surface area contributed by atoms with Gasteiger partial charge in [-0.3, -0.25) is 4.79 Å². The molecule has 2 rings (SSSR count). The van der Waals surface area contributed by atoms with E-state index in [1.807, 2.05) is 0 Å². The van der Waals surface area contributed by atoms with Crippen molar-refractivity contribution in [1.29, 1.82) is 0 Å². The number of aromatic nitrogens is 3. The third-order valence-electron chi connectivity index (χ3n) is 2.07. The Hall–Kier alpha value is -1.29. The Morgan fingerprint density at radius 1 is 1.43 bits per heavy atom. The van der Waals surface area contributed by atoms with Crippen LogP contribution in [0.1, 0.15) is 6.42 Å². The van der Waals surface area contributed by atoms with Crippen molar-refractivity contribution in [3.63, 3.8) is 0 Å². The minimum absolute atomic E-state index is 0.0184. The van der Waals surface area contributed by atoms with E-state index < -0.39 is 0 Å². The molecule has 0 bridgehead atoms. The molecular formula is C9H10ClN3O. The van der Waals surface area contributed by atoms with E-state index in [-0.39, 0.29) is 5.56 Å². The normalized spacial score (nSPS) is 10.9. The minimum Gasteiger partial charge on any atom is -0.312 e. The maximum atomic E-state index is 11.8. The lowest BCUT2D eigenvalue weighted by Crippen LogP contribution is -2.21. The van der Waals surface area contributed by atoms with E-state index in [1.165, 1.54) is 0 Å². The number of rotatable bonds is 3. The van der Waals surface area contributed by atoms with E-state index in [4.69, 9.17) is 11.6 Å². The van der Waals surface area contributed by atoms with Crippen molar-refractivity contribution in [2.45, 2.75) is 13.0 Å². The standard InChI is InChI=1S/C9H10ClN3O/c10-3-1-5-12-6-7-13-8(9(12)14)2-4-11-13/h2,4,6-7H,1,3,5H2. The van der Waals surface area contributed by atoms with E-state index in [2.05, 4.69) is 5.10 Å². The lowest BCUT2D eigenvalue weighted by Gasteiger charge is -2.03. The molecule has 0 fully saturated rings. The van der Waals surface area contributed by atoms with Crippen molar-refractivity contribution in [2.75, 3.05) is 5.88 Å². The second-order valence-electron chi connectivity index (χ2n) is 3.00. The van der Waals surface area contributed by atoms with Crippen LogP contribution in [-0.2, 0) is 6.54 Å². The van der Waals surface area contributed by atoms with Gasteiger partial charge < -0.3 is 4.57 Å². The lowest BCUT2D eigenvalue weighted by molar-refractivity contribution is 0.651. The zero-order chi connectivity index (χ0) is 9.97. The van der Waals surface area contributed by atoms with Crippen LogP contribution >= 0.6 is 11.6 Å². The summed E-state index contributed by atoms with van der Waals surface area (Å²) in [5.74, 6) is 0.566. The Labute approximate surface area is 85.7 Å². The molecule has 4 nitrogen and oxygen atoms in total. The molecule has 2 aromatic rings. The summed E-state index contributed by atoms with van der Waals surface area (Å²) >= 11 is 5.57. The number of hydrogen-bond acceptors (Lipinski definition) is 2. The Morgan fingerprint density at radius 3 is 3.07 bits per heavy atom. The van der Waals surface area contributed by atoms with Crippen molar-refractivity contribution in [1.82, 2.24) is 14.2 Å². The van der Waals surface area contributed by atoms with Gasteiger partial charge in [0.1, 0.15) is 5.52 Å². The van der Waals surface area contributed by atoms with Gasteiger partial charge in [0.05, 0.1) is 6.20 Å². The molecular weight excluding hydrogens is 202 g/mol. The van der Waals surface area contributed by atoms with Gasteiger partial charge in [-0.25, -0.2) is 4.52 Å². The molecule has 0 aliphatic heterocycles. The zero-order valence-electron chi connectivity index (χ0n) is 7.56. The first-order valence-corrected chi connectivity index (χ1v) is 4.95. The van der Waals surface area contributed by atoms with E-state index in [9.17, 15) is 4.79 Å². The number of aryl methyl sites for hydroxylation is 1. The van der Waals surface area contributed by atoms with Crippen LogP contribution in [0.25, 0.3) is 5.52 Å². The monoisotopic (exact) mass is 211 g/mol. The SMILES string of the molecule is O=c1c2ccnn2ccn1CCCCl. The maximum Gasteiger partial charge on any atom is 0.276 e. The Balaban J connectivity index is 2.46. The van der Waals surface area contributed by atoms with Crippen molar-refractivity contribution >= 4 is 17.1 Å². The molecule has 74 valence electrons. The van der Waals surface area contributed by atoms with Gasteiger partial charge in [-0.2, -0.15) is 5.10 Å². The van der Waals surface area contributed by atoms with Crippen molar-refractivity contribution in [3.8, 4) is 0 Å².